The van der Waals surface area contributed by atoms with Gasteiger partial charge in [0, 0.05) is 17.8 Å². The molecule has 4 rings (SSSR count). The van der Waals surface area contributed by atoms with E-state index in [1.807, 2.05) is 55.5 Å². The molecule has 0 aliphatic carbocycles. The van der Waals surface area contributed by atoms with Crippen LogP contribution >= 0.6 is 0 Å². The van der Waals surface area contributed by atoms with Crippen molar-refractivity contribution in [3.05, 3.63) is 77.7 Å². The lowest BCUT2D eigenvalue weighted by Gasteiger charge is -2.09. The van der Waals surface area contributed by atoms with Crippen LogP contribution < -0.4 is 5.32 Å². The minimum Gasteiger partial charge on any atom is -0.369 e. The second kappa shape index (κ2) is 6.96. The Kier molecular flexibility index (Phi) is 4.35. The topological polar surface area (TPSA) is 53.6 Å². The van der Waals surface area contributed by atoms with Gasteiger partial charge in [-0.05, 0) is 37.1 Å². The largest absolute Gasteiger partial charge is 0.369 e. The van der Waals surface area contributed by atoms with E-state index in [-0.39, 0.29) is 5.82 Å². The number of hydrogen-bond acceptors (Lipinski definition) is 3. The fourth-order valence-corrected chi connectivity index (χ4v) is 2.97. The Labute approximate surface area is 151 Å². The molecule has 0 saturated carbocycles. The number of halogens is 1. The highest BCUT2D eigenvalue weighted by Gasteiger charge is 2.11. The van der Waals surface area contributed by atoms with Gasteiger partial charge >= 0.3 is 0 Å². The number of nitrogens with zero attached hydrogens (tertiary/aromatic N) is 2. The number of fused-ring (bicyclic) bond motifs is 1. The molecule has 0 aliphatic rings. The molecule has 5 heteroatoms. The molecule has 2 aromatic carbocycles. The van der Waals surface area contributed by atoms with E-state index in [0.717, 1.165) is 40.1 Å². The van der Waals surface area contributed by atoms with Crippen LogP contribution in [0.2, 0.25) is 0 Å². The van der Waals surface area contributed by atoms with E-state index >= 15 is 0 Å². The van der Waals surface area contributed by atoms with Crippen LogP contribution in [0.4, 0.5) is 10.2 Å². The zero-order valence-corrected chi connectivity index (χ0v) is 14.5. The standard InChI is InChI=1S/C21H19FN4/c1-14-13-18-20(23-12-11-15-7-9-17(22)10-8-15)25-19(26-21(18)24-14)16-5-3-2-4-6-16/h2-10,13H,11-12H2,1H3,(H2,23,24,25,26). The number of aromatic amines is 1. The lowest BCUT2D eigenvalue weighted by molar-refractivity contribution is 0.627. The van der Waals surface area contributed by atoms with Crippen molar-refractivity contribution in [2.75, 3.05) is 11.9 Å². The van der Waals surface area contributed by atoms with E-state index in [0.29, 0.717) is 12.4 Å². The summed E-state index contributed by atoms with van der Waals surface area (Å²) < 4.78 is 13.0. The Morgan fingerprint density at radius 2 is 1.77 bits per heavy atom. The summed E-state index contributed by atoms with van der Waals surface area (Å²) in [5.74, 6) is 1.28. The Morgan fingerprint density at radius 1 is 1.00 bits per heavy atom. The summed E-state index contributed by atoms with van der Waals surface area (Å²) in [6.07, 6.45) is 0.788. The normalized spacial score (nSPS) is 11.0. The monoisotopic (exact) mass is 346 g/mol. The highest BCUT2D eigenvalue weighted by Crippen LogP contribution is 2.25. The van der Waals surface area contributed by atoms with Crippen LogP contribution in [0.15, 0.2) is 60.7 Å². The average molecular weight is 346 g/mol. The number of hydrogen-bond donors (Lipinski definition) is 2. The number of rotatable bonds is 5. The van der Waals surface area contributed by atoms with Crippen LogP contribution in [-0.2, 0) is 6.42 Å². The summed E-state index contributed by atoms with van der Waals surface area (Å²) >= 11 is 0. The van der Waals surface area contributed by atoms with Crippen LogP contribution in [0.1, 0.15) is 11.3 Å². The van der Waals surface area contributed by atoms with Crippen molar-refractivity contribution < 1.29 is 4.39 Å². The van der Waals surface area contributed by atoms with Gasteiger partial charge in [0.1, 0.15) is 17.3 Å². The molecule has 0 spiro atoms. The van der Waals surface area contributed by atoms with Crippen molar-refractivity contribution in [3.8, 4) is 11.4 Å². The molecule has 2 heterocycles. The molecule has 0 atom stereocenters. The molecule has 4 nitrogen and oxygen atoms in total. The Hall–Kier alpha value is -3.21. The molecule has 2 aromatic heterocycles. The van der Waals surface area contributed by atoms with Crippen LogP contribution in [0, 0.1) is 12.7 Å². The fraction of sp³-hybridized carbons (Fsp3) is 0.143. The smallest absolute Gasteiger partial charge is 0.163 e. The van der Waals surface area contributed by atoms with Gasteiger partial charge in [-0.3, -0.25) is 0 Å². The molecule has 0 radical (unpaired) electrons. The highest BCUT2D eigenvalue weighted by atomic mass is 19.1. The average Bonchev–Trinajstić information content (AvgIpc) is 3.04. The summed E-state index contributed by atoms with van der Waals surface area (Å²) in [5.41, 5.74) is 3.92. The van der Waals surface area contributed by atoms with Gasteiger partial charge in [0.15, 0.2) is 5.82 Å². The minimum absolute atomic E-state index is 0.213. The van der Waals surface area contributed by atoms with E-state index < -0.39 is 0 Å². The molecule has 0 amide bonds. The van der Waals surface area contributed by atoms with Gasteiger partial charge in [-0.1, -0.05) is 42.5 Å². The van der Waals surface area contributed by atoms with Crippen molar-refractivity contribution in [2.24, 2.45) is 0 Å². The molecule has 130 valence electrons. The van der Waals surface area contributed by atoms with E-state index in [2.05, 4.69) is 15.3 Å². The lowest BCUT2D eigenvalue weighted by Crippen LogP contribution is -2.08. The van der Waals surface area contributed by atoms with Gasteiger partial charge in [0.25, 0.3) is 0 Å². The third kappa shape index (κ3) is 3.42. The molecule has 0 aliphatic heterocycles. The summed E-state index contributed by atoms with van der Waals surface area (Å²) in [7, 11) is 0. The maximum absolute atomic E-state index is 13.0. The van der Waals surface area contributed by atoms with Crippen LogP contribution in [0.5, 0.6) is 0 Å². The van der Waals surface area contributed by atoms with Crippen molar-refractivity contribution in [1.82, 2.24) is 15.0 Å². The van der Waals surface area contributed by atoms with Crippen molar-refractivity contribution in [1.29, 1.82) is 0 Å². The molecule has 26 heavy (non-hydrogen) atoms. The number of anilines is 1. The summed E-state index contributed by atoms with van der Waals surface area (Å²) in [6.45, 7) is 2.71. The van der Waals surface area contributed by atoms with E-state index in [1.54, 1.807) is 0 Å². The first kappa shape index (κ1) is 16.3. The quantitative estimate of drug-likeness (QED) is 0.549. The predicted molar refractivity (Wildman–Crippen MR) is 103 cm³/mol. The molecular formula is C21H19FN4. The van der Waals surface area contributed by atoms with Gasteiger partial charge in [-0.2, -0.15) is 0 Å². The van der Waals surface area contributed by atoms with Gasteiger partial charge in [0.2, 0.25) is 0 Å². The molecule has 0 saturated heterocycles. The third-order valence-corrected chi connectivity index (χ3v) is 4.27. The molecule has 0 unspecified atom stereocenters. The van der Waals surface area contributed by atoms with Gasteiger partial charge in [-0.15, -0.1) is 0 Å². The van der Waals surface area contributed by atoms with Crippen molar-refractivity contribution in [2.45, 2.75) is 13.3 Å². The molecule has 2 N–H and O–H groups in total. The summed E-state index contributed by atoms with van der Waals surface area (Å²) in [5, 5.41) is 4.38. The highest BCUT2D eigenvalue weighted by molar-refractivity contribution is 5.89. The van der Waals surface area contributed by atoms with Gasteiger partial charge in [-0.25, -0.2) is 14.4 Å². The van der Waals surface area contributed by atoms with Crippen molar-refractivity contribution in [3.63, 3.8) is 0 Å². The van der Waals surface area contributed by atoms with Gasteiger partial charge in [0.05, 0.1) is 5.39 Å². The second-order valence-corrected chi connectivity index (χ2v) is 6.28. The van der Waals surface area contributed by atoms with Crippen LogP contribution in [0.3, 0.4) is 0 Å². The predicted octanol–water partition coefficient (Wildman–Crippen LogP) is 4.73. The Balaban J connectivity index is 1.61. The maximum Gasteiger partial charge on any atom is 0.163 e. The number of benzene rings is 2. The Morgan fingerprint density at radius 3 is 2.54 bits per heavy atom. The van der Waals surface area contributed by atoms with Gasteiger partial charge < -0.3 is 10.3 Å². The minimum atomic E-state index is -0.213. The second-order valence-electron chi connectivity index (χ2n) is 6.28. The van der Waals surface area contributed by atoms with Crippen molar-refractivity contribution >= 4 is 16.9 Å². The lowest BCUT2D eigenvalue weighted by atomic mass is 10.1. The summed E-state index contributed by atoms with van der Waals surface area (Å²) in [4.78, 5) is 12.7. The Bertz CT molecular complexity index is 1020. The SMILES string of the molecule is Cc1cc2c(NCCc3ccc(F)cc3)nc(-c3ccccc3)nc2[nH]1. The maximum atomic E-state index is 13.0. The zero-order chi connectivity index (χ0) is 17.9. The molecule has 4 aromatic rings. The third-order valence-electron chi connectivity index (χ3n) is 4.27. The fourth-order valence-electron chi connectivity index (χ4n) is 2.97. The van der Waals surface area contributed by atoms with E-state index in [9.17, 15) is 4.39 Å². The van der Waals surface area contributed by atoms with E-state index in [4.69, 9.17) is 4.98 Å². The van der Waals surface area contributed by atoms with E-state index in [1.165, 1.54) is 12.1 Å². The number of aryl methyl sites for hydroxylation is 1. The summed E-state index contributed by atoms with van der Waals surface area (Å²) in [6, 6.07) is 18.6. The first-order valence-electron chi connectivity index (χ1n) is 8.60. The number of H-pyrrole nitrogens is 1. The van der Waals surface area contributed by atoms with Crippen LogP contribution in [-0.4, -0.2) is 21.5 Å². The first-order valence-corrected chi connectivity index (χ1v) is 8.60. The number of aromatic nitrogens is 3. The first-order chi connectivity index (χ1) is 12.7. The van der Waals surface area contributed by atoms with Crippen LogP contribution in [0.25, 0.3) is 22.4 Å². The molecule has 0 bridgehead atoms. The molecule has 0 fully saturated rings. The number of nitrogens with one attached hydrogen (secondary N) is 2. The zero-order valence-electron chi connectivity index (χ0n) is 14.5. The molecular weight excluding hydrogens is 327 g/mol.